The molecular formula is C12H12O4. The molecule has 0 aromatic heterocycles. The molecule has 0 radical (unpaired) electrons. The highest BCUT2D eigenvalue weighted by molar-refractivity contribution is 5.92. The van der Waals surface area contributed by atoms with Gasteiger partial charge >= 0.3 is 5.97 Å². The molecule has 0 amide bonds. The van der Waals surface area contributed by atoms with Crippen LogP contribution in [-0.2, 0) is 0 Å². The Kier molecular flexibility index (Phi) is 2.34. The molecule has 0 aliphatic carbocycles. The van der Waals surface area contributed by atoms with E-state index in [1.54, 1.807) is 6.07 Å². The highest BCUT2D eigenvalue weighted by Gasteiger charge is 2.30. The molecule has 0 bridgehead atoms. The Hall–Kier alpha value is -1.97. The van der Waals surface area contributed by atoms with Crippen LogP contribution in [0.2, 0.25) is 0 Å². The zero-order valence-corrected chi connectivity index (χ0v) is 8.86. The van der Waals surface area contributed by atoms with E-state index in [0.29, 0.717) is 17.9 Å². The summed E-state index contributed by atoms with van der Waals surface area (Å²) < 4.78 is 5.37. The maximum absolute atomic E-state index is 10.9. The van der Waals surface area contributed by atoms with Crippen LogP contribution in [-0.4, -0.2) is 22.8 Å². The number of ether oxygens (including phenoxy) is 1. The number of carboxylic acid groups (broad SMARTS) is 1. The molecule has 4 nitrogen and oxygen atoms in total. The van der Waals surface area contributed by atoms with Crippen LogP contribution < -0.4 is 4.74 Å². The third-order valence-corrected chi connectivity index (χ3v) is 2.76. The normalized spacial score (nSPS) is 17.7. The summed E-state index contributed by atoms with van der Waals surface area (Å²) in [5.74, 6) is -0.951. The summed E-state index contributed by atoms with van der Waals surface area (Å²) >= 11 is 0. The molecule has 1 aromatic rings. The minimum absolute atomic E-state index is 0.101. The number of carbonyl (C=O) groups is 1. The van der Waals surface area contributed by atoms with Gasteiger partial charge in [-0.2, -0.15) is 0 Å². The fourth-order valence-corrected chi connectivity index (χ4v) is 1.87. The molecule has 16 heavy (non-hydrogen) atoms. The maximum Gasteiger partial charge on any atom is 0.339 e. The highest BCUT2D eigenvalue weighted by atomic mass is 16.5. The summed E-state index contributed by atoms with van der Waals surface area (Å²) in [6.45, 7) is 6.05. The van der Waals surface area contributed by atoms with Crippen molar-refractivity contribution in [3.63, 3.8) is 0 Å². The number of phenols is 1. The fourth-order valence-electron chi connectivity index (χ4n) is 1.87. The topological polar surface area (TPSA) is 66.8 Å². The van der Waals surface area contributed by atoms with E-state index in [9.17, 15) is 9.90 Å². The second-order valence-electron chi connectivity index (χ2n) is 3.89. The van der Waals surface area contributed by atoms with E-state index in [2.05, 4.69) is 6.58 Å². The number of carboxylic acids is 1. The van der Waals surface area contributed by atoms with Gasteiger partial charge in [-0.15, -0.1) is 0 Å². The second kappa shape index (κ2) is 3.56. The summed E-state index contributed by atoms with van der Waals surface area (Å²) in [4.78, 5) is 10.9. The third-order valence-electron chi connectivity index (χ3n) is 2.76. The first kappa shape index (κ1) is 10.5. The number of aromatic carboxylic acids is 1. The first-order chi connectivity index (χ1) is 7.52. The molecule has 2 rings (SSSR count). The van der Waals surface area contributed by atoms with Gasteiger partial charge in [0.05, 0.1) is 6.61 Å². The molecule has 1 atom stereocenters. The quantitative estimate of drug-likeness (QED) is 0.749. The van der Waals surface area contributed by atoms with Crippen molar-refractivity contribution in [2.45, 2.75) is 12.8 Å². The number of fused-ring (bicyclic) bond motifs is 1. The van der Waals surface area contributed by atoms with Gasteiger partial charge in [0.1, 0.15) is 17.1 Å². The van der Waals surface area contributed by atoms with Gasteiger partial charge in [0, 0.05) is 11.5 Å². The Morgan fingerprint density at radius 2 is 2.25 bits per heavy atom. The summed E-state index contributed by atoms with van der Waals surface area (Å²) in [6.07, 6.45) is 0. The minimum Gasteiger partial charge on any atom is -0.507 e. The van der Waals surface area contributed by atoms with Gasteiger partial charge in [0.25, 0.3) is 0 Å². The molecule has 0 spiro atoms. The van der Waals surface area contributed by atoms with Crippen molar-refractivity contribution in [2.24, 2.45) is 0 Å². The summed E-state index contributed by atoms with van der Waals surface area (Å²) in [5, 5.41) is 18.8. The number of hydrogen-bond donors (Lipinski definition) is 2. The molecule has 2 N–H and O–H groups in total. The predicted molar refractivity (Wildman–Crippen MR) is 58.1 cm³/mol. The van der Waals surface area contributed by atoms with Crippen LogP contribution in [0.5, 0.6) is 11.5 Å². The second-order valence-corrected chi connectivity index (χ2v) is 3.89. The molecule has 0 saturated carbocycles. The lowest BCUT2D eigenvalue weighted by atomic mass is 9.92. The Labute approximate surface area is 92.8 Å². The molecule has 1 aromatic carbocycles. The van der Waals surface area contributed by atoms with Crippen LogP contribution >= 0.6 is 0 Å². The van der Waals surface area contributed by atoms with Crippen molar-refractivity contribution < 1.29 is 19.7 Å². The van der Waals surface area contributed by atoms with Crippen LogP contribution in [0.25, 0.3) is 0 Å². The van der Waals surface area contributed by atoms with Gasteiger partial charge in [-0.25, -0.2) is 4.79 Å². The molecule has 1 aliphatic heterocycles. The Balaban J connectivity index is 2.60. The molecular weight excluding hydrogens is 208 g/mol. The molecule has 84 valence electrons. The summed E-state index contributed by atoms with van der Waals surface area (Å²) in [7, 11) is 0. The molecule has 0 fully saturated rings. The maximum atomic E-state index is 10.9. The highest BCUT2D eigenvalue weighted by Crippen LogP contribution is 2.44. The van der Waals surface area contributed by atoms with Crippen LogP contribution in [0.4, 0.5) is 0 Å². The average Bonchev–Trinajstić information content (AvgIpc) is 2.61. The Bertz CT molecular complexity index is 476. The van der Waals surface area contributed by atoms with Gasteiger partial charge in [0.2, 0.25) is 0 Å². The van der Waals surface area contributed by atoms with E-state index in [1.807, 2.05) is 6.92 Å². The van der Waals surface area contributed by atoms with Crippen molar-refractivity contribution in [2.75, 3.05) is 6.61 Å². The fraction of sp³-hybridized carbons (Fsp3) is 0.250. The van der Waals surface area contributed by atoms with Crippen molar-refractivity contribution in [3.05, 3.63) is 35.4 Å². The lowest BCUT2D eigenvalue weighted by Gasteiger charge is -2.10. The lowest BCUT2D eigenvalue weighted by Crippen LogP contribution is -2.03. The average molecular weight is 220 g/mol. The number of hydrogen-bond acceptors (Lipinski definition) is 3. The van der Waals surface area contributed by atoms with E-state index in [1.165, 1.54) is 6.07 Å². The molecule has 4 heteroatoms. The molecule has 1 unspecified atom stereocenters. The van der Waals surface area contributed by atoms with E-state index in [4.69, 9.17) is 9.84 Å². The number of aromatic hydroxyl groups is 1. The Morgan fingerprint density at radius 3 is 2.81 bits per heavy atom. The van der Waals surface area contributed by atoms with Gasteiger partial charge in [-0.1, -0.05) is 12.2 Å². The first-order valence-corrected chi connectivity index (χ1v) is 4.89. The van der Waals surface area contributed by atoms with Gasteiger partial charge in [-0.3, -0.25) is 0 Å². The molecule has 0 saturated heterocycles. The van der Waals surface area contributed by atoms with Crippen molar-refractivity contribution >= 4 is 5.97 Å². The van der Waals surface area contributed by atoms with Crippen molar-refractivity contribution in [1.82, 2.24) is 0 Å². The van der Waals surface area contributed by atoms with E-state index in [-0.39, 0.29) is 17.2 Å². The van der Waals surface area contributed by atoms with Crippen LogP contribution in [0.3, 0.4) is 0 Å². The zero-order valence-electron chi connectivity index (χ0n) is 8.86. The summed E-state index contributed by atoms with van der Waals surface area (Å²) in [5.41, 5.74) is 1.28. The van der Waals surface area contributed by atoms with Crippen molar-refractivity contribution in [1.29, 1.82) is 0 Å². The van der Waals surface area contributed by atoms with Crippen LogP contribution in [0.1, 0.15) is 28.8 Å². The first-order valence-electron chi connectivity index (χ1n) is 4.89. The van der Waals surface area contributed by atoms with Crippen LogP contribution in [0, 0.1) is 0 Å². The smallest absolute Gasteiger partial charge is 0.339 e. The number of benzene rings is 1. The van der Waals surface area contributed by atoms with Gasteiger partial charge in [0.15, 0.2) is 0 Å². The van der Waals surface area contributed by atoms with E-state index < -0.39 is 5.97 Å². The standard InChI is InChI=1S/C12H12O4/c1-6(2)8-5-16-9-4-3-7(12(14)15)11(13)10(8)9/h3-4,8,13H,1,5H2,2H3,(H,14,15). The largest absolute Gasteiger partial charge is 0.507 e. The van der Waals surface area contributed by atoms with Gasteiger partial charge in [-0.05, 0) is 19.1 Å². The van der Waals surface area contributed by atoms with E-state index in [0.717, 1.165) is 5.57 Å². The monoisotopic (exact) mass is 220 g/mol. The minimum atomic E-state index is -1.15. The molecule has 1 aliphatic rings. The van der Waals surface area contributed by atoms with Crippen molar-refractivity contribution in [3.8, 4) is 11.5 Å². The Morgan fingerprint density at radius 1 is 1.56 bits per heavy atom. The molecule has 1 heterocycles. The number of rotatable bonds is 2. The van der Waals surface area contributed by atoms with Crippen LogP contribution in [0.15, 0.2) is 24.3 Å². The third kappa shape index (κ3) is 1.43. The summed E-state index contributed by atoms with van der Waals surface area (Å²) in [6, 6.07) is 2.92. The SMILES string of the molecule is C=C(C)C1COc2ccc(C(=O)O)c(O)c21. The predicted octanol–water partition coefficient (Wildman–Crippen LogP) is 2.14. The lowest BCUT2D eigenvalue weighted by molar-refractivity contribution is 0.0693. The zero-order chi connectivity index (χ0) is 11.9. The van der Waals surface area contributed by atoms with Gasteiger partial charge < -0.3 is 14.9 Å². The van der Waals surface area contributed by atoms with E-state index >= 15 is 0 Å².